The van der Waals surface area contributed by atoms with E-state index in [4.69, 9.17) is 0 Å². The minimum absolute atomic E-state index is 0.168. The highest BCUT2D eigenvalue weighted by molar-refractivity contribution is 7.89. The molecule has 0 saturated heterocycles. The molecule has 2 aliphatic carbocycles. The second-order valence-electron chi connectivity index (χ2n) is 4.32. The van der Waals surface area contributed by atoms with Gasteiger partial charge in [-0.3, -0.25) is 0 Å². The summed E-state index contributed by atoms with van der Waals surface area (Å²) >= 11 is 0. The van der Waals surface area contributed by atoms with Crippen molar-refractivity contribution in [2.24, 2.45) is 11.8 Å². The molecule has 2 aliphatic rings. The SMILES string of the molecule is CNS(=O)(=O)CCNC1CC2CC=CC21. The van der Waals surface area contributed by atoms with Gasteiger partial charge < -0.3 is 5.32 Å². The Morgan fingerprint density at radius 2 is 2.27 bits per heavy atom. The Kier molecular flexibility index (Phi) is 3.13. The van der Waals surface area contributed by atoms with E-state index < -0.39 is 10.0 Å². The lowest BCUT2D eigenvalue weighted by Gasteiger charge is -2.40. The highest BCUT2D eigenvalue weighted by Crippen LogP contribution is 2.42. The first-order chi connectivity index (χ1) is 7.12. The first-order valence-electron chi connectivity index (χ1n) is 5.43. The summed E-state index contributed by atoms with van der Waals surface area (Å²) < 4.78 is 24.6. The van der Waals surface area contributed by atoms with E-state index in [1.165, 1.54) is 19.9 Å². The molecule has 0 spiro atoms. The van der Waals surface area contributed by atoms with Gasteiger partial charge >= 0.3 is 0 Å². The zero-order valence-corrected chi connectivity index (χ0v) is 9.76. The van der Waals surface area contributed by atoms with Gasteiger partial charge in [-0.15, -0.1) is 0 Å². The average molecular weight is 230 g/mol. The summed E-state index contributed by atoms with van der Waals surface area (Å²) in [5.74, 6) is 1.65. The summed E-state index contributed by atoms with van der Waals surface area (Å²) in [5.41, 5.74) is 0. The Morgan fingerprint density at radius 3 is 2.93 bits per heavy atom. The normalized spacial score (nSPS) is 33.8. The summed E-state index contributed by atoms with van der Waals surface area (Å²) in [6.07, 6.45) is 6.90. The Morgan fingerprint density at radius 1 is 1.47 bits per heavy atom. The zero-order chi connectivity index (χ0) is 10.9. The predicted octanol–water partition coefficient (Wildman–Crippen LogP) is 0.0898. The van der Waals surface area contributed by atoms with Gasteiger partial charge in [0.1, 0.15) is 0 Å². The molecule has 0 aromatic carbocycles. The van der Waals surface area contributed by atoms with Gasteiger partial charge in [0.05, 0.1) is 5.75 Å². The van der Waals surface area contributed by atoms with Gasteiger partial charge in [0.2, 0.25) is 10.0 Å². The van der Waals surface area contributed by atoms with Crippen LogP contribution in [-0.2, 0) is 10.0 Å². The summed E-state index contributed by atoms with van der Waals surface area (Å²) in [5, 5.41) is 3.31. The fraction of sp³-hybridized carbons (Fsp3) is 0.800. The van der Waals surface area contributed by atoms with Crippen molar-refractivity contribution in [1.82, 2.24) is 10.0 Å². The van der Waals surface area contributed by atoms with Gasteiger partial charge in [0, 0.05) is 12.6 Å². The number of fused-ring (bicyclic) bond motifs is 1. The van der Waals surface area contributed by atoms with E-state index in [1.807, 2.05) is 0 Å². The van der Waals surface area contributed by atoms with Gasteiger partial charge in [0.15, 0.2) is 0 Å². The highest BCUT2D eigenvalue weighted by Gasteiger charge is 2.40. The molecule has 1 saturated carbocycles. The third-order valence-corrected chi connectivity index (χ3v) is 4.81. The average Bonchev–Trinajstić information content (AvgIpc) is 2.54. The van der Waals surface area contributed by atoms with Crippen LogP contribution in [0.1, 0.15) is 12.8 Å². The molecule has 0 radical (unpaired) electrons. The van der Waals surface area contributed by atoms with Crippen LogP contribution < -0.4 is 10.0 Å². The zero-order valence-electron chi connectivity index (χ0n) is 8.94. The lowest BCUT2D eigenvalue weighted by molar-refractivity contribution is 0.166. The molecule has 0 aromatic rings. The monoisotopic (exact) mass is 230 g/mol. The third-order valence-electron chi connectivity index (χ3n) is 3.45. The topological polar surface area (TPSA) is 58.2 Å². The predicted molar refractivity (Wildman–Crippen MR) is 60.0 cm³/mol. The fourth-order valence-corrected chi connectivity index (χ4v) is 3.02. The molecule has 15 heavy (non-hydrogen) atoms. The summed E-state index contributed by atoms with van der Waals surface area (Å²) in [4.78, 5) is 0. The van der Waals surface area contributed by atoms with E-state index in [9.17, 15) is 8.42 Å². The van der Waals surface area contributed by atoms with Crippen LogP contribution >= 0.6 is 0 Å². The lowest BCUT2D eigenvalue weighted by atomic mass is 9.71. The fourth-order valence-electron chi connectivity index (χ4n) is 2.43. The van der Waals surface area contributed by atoms with Gasteiger partial charge in [-0.2, -0.15) is 0 Å². The minimum Gasteiger partial charge on any atom is -0.312 e. The van der Waals surface area contributed by atoms with Gasteiger partial charge in [0.25, 0.3) is 0 Å². The van der Waals surface area contributed by atoms with Gasteiger partial charge in [-0.25, -0.2) is 13.1 Å². The smallest absolute Gasteiger partial charge is 0.212 e. The molecular formula is C10H18N2O2S. The van der Waals surface area contributed by atoms with Crippen LogP contribution in [0.3, 0.4) is 0 Å². The Hall–Kier alpha value is -0.390. The standard InChI is InChI=1S/C10H18N2O2S/c1-11-15(13,14)6-5-12-10-7-8-3-2-4-9(8)10/h2,4,8-12H,3,5-7H2,1H3. The quantitative estimate of drug-likeness (QED) is 0.658. The molecule has 0 bridgehead atoms. The summed E-state index contributed by atoms with van der Waals surface area (Å²) in [6, 6.07) is 0.501. The number of nitrogens with one attached hydrogen (secondary N) is 2. The van der Waals surface area contributed by atoms with Crippen molar-refractivity contribution in [3.8, 4) is 0 Å². The Labute approximate surface area is 91.2 Å². The maximum atomic E-state index is 11.1. The van der Waals surface area contributed by atoms with Crippen LogP contribution in [0.25, 0.3) is 0 Å². The lowest BCUT2D eigenvalue weighted by Crippen LogP contribution is -2.49. The molecule has 2 N–H and O–H groups in total. The number of hydrogen-bond acceptors (Lipinski definition) is 3. The van der Waals surface area contributed by atoms with Crippen molar-refractivity contribution >= 4 is 10.0 Å². The van der Waals surface area contributed by atoms with Crippen LogP contribution in [0, 0.1) is 11.8 Å². The molecular weight excluding hydrogens is 212 g/mol. The molecule has 86 valence electrons. The second-order valence-corrected chi connectivity index (χ2v) is 6.37. The summed E-state index contributed by atoms with van der Waals surface area (Å²) in [6.45, 7) is 0.547. The number of hydrogen-bond donors (Lipinski definition) is 2. The van der Waals surface area contributed by atoms with Crippen LogP contribution in [0.15, 0.2) is 12.2 Å². The molecule has 5 heteroatoms. The van der Waals surface area contributed by atoms with E-state index in [2.05, 4.69) is 22.2 Å². The minimum atomic E-state index is -3.05. The van der Waals surface area contributed by atoms with Crippen LogP contribution in [0.2, 0.25) is 0 Å². The molecule has 1 fully saturated rings. The number of allylic oxidation sites excluding steroid dienone is 1. The Bertz CT molecular complexity index is 350. The molecule has 0 aromatic heterocycles. The first kappa shape index (κ1) is 11.1. The van der Waals surface area contributed by atoms with E-state index in [0.29, 0.717) is 18.5 Å². The Balaban J connectivity index is 1.69. The maximum absolute atomic E-state index is 11.1. The van der Waals surface area contributed by atoms with Crippen molar-refractivity contribution in [2.75, 3.05) is 19.3 Å². The van der Waals surface area contributed by atoms with E-state index in [0.717, 1.165) is 5.92 Å². The molecule has 0 heterocycles. The van der Waals surface area contributed by atoms with Crippen molar-refractivity contribution in [1.29, 1.82) is 0 Å². The van der Waals surface area contributed by atoms with E-state index in [-0.39, 0.29) is 5.75 Å². The second kappa shape index (κ2) is 4.23. The number of sulfonamides is 1. The third kappa shape index (κ3) is 2.41. The number of rotatable bonds is 5. The van der Waals surface area contributed by atoms with Crippen LogP contribution in [0.4, 0.5) is 0 Å². The molecule has 2 rings (SSSR count). The molecule has 3 atom stereocenters. The largest absolute Gasteiger partial charge is 0.312 e. The van der Waals surface area contributed by atoms with Crippen molar-refractivity contribution in [2.45, 2.75) is 18.9 Å². The first-order valence-corrected chi connectivity index (χ1v) is 7.09. The van der Waals surface area contributed by atoms with Gasteiger partial charge in [-0.1, -0.05) is 12.2 Å². The molecule has 4 nitrogen and oxygen atoms in total. The molecule has 3 unspecified atom stereocenters. The van der Waals surface area contributed by atoms with Crippen molar-refractivity contribution in [3.63, 3.8) is 0 Å². The van der Waals surface area contributed by atoms with Crippen molar-refractivity contribution in [3.05, 3.63) is 12.2 Å². The van der Waals surface area contributed by atoms with Crippen LogP contribution in [-0.4, -0.2) is 33.8 Å². The highest BCUT2D eigenvalue weighted by atomic mass is 32.2. The molecule has 0 amide bonds. The summed E-state index contributed by atoms with van der Waals surface area (Å²) in [7, 11) is -1.60. The van der Waals surface area contributed by atoms with E-state index >= 15 is 0 Å². The van der Waals surface area contributed by atoms with Crippen molar-refractivity contribution < 1.29 is 8.42 Å². The molecule has 0 aliphatic heterocycles. The maximum Gasteiger partial charge on any atom is 0.212 e. The van der Waals surface area contributed by atoms with E-state index in [1.54, 1.807) is 0 Å². The van der Waals surface area contributed by atoms with Crippen LogP contribution in [0.5, 0.6) is 0 Å². The van der Waals surface area contributed by atoms with Gasteiger partial charge in [-0.05, 0) is 31.7 Å².